The van der Waals surface area contributed by atoms with Gasteiger partial charge in [-0.2, -0.15) is 0 Å². The van der Waals surface area contributed by atoms with Gasteiger partial charge in [0.25, 0.3) is 5.91 Å². The van der Waals surface area contributed by atoms with Crippen LogP contribution in [0.25, 0.3) is 0 Å². The molecule has 0 bridgehead atoms. The number of carbonyl (C=O) groups excluding carboxylic acids is 1. The quantitative estimate of drug-likeness (QED) is 0.772. The van der Waals surface area contributed by atoms with Gasteiger partial charge in [-0.3, -0.25) is 9.78 Å². The molecule has 0 spiro atoms. The smallest absolute Gasteiger partial charge is 0.256 e. The van der Waals surface area contributed by atoms with Crippen LogP contribution >= 0.6 is 11.6 Å². The lowest BCUT2D eigenvalue weighted by atomic mass is 10.2. The van der Waals surface area contributed by atoms with Gasteiger partial charge in [0, 0.05) is 25.0 Å². The second kappa shape index (κ2) is 3.81. The first-order chi connectivity index (χ1) is 7.09. The fraction of sp³-hybridized carbons (Fsp3) is 0.455. The van der Waals surface area contributed by atoms with Gasteiger partial charge in [-0.15, -0.1) is 0 Å². The maximum absolute atomic E-state index is 12.0. The highest BCUT2D eigenvalue weighted by atomic mass is 35.5. The number of hydrogen-bond donors (Lipinski definition) is 0. The zero-order chi connectivity index (χ0) is 11.0. The number of carbonyl (C=O) groups is 1. The molecule has 0 aliphatic heterocycles. The number of halogens is 1. The molecule has 15 heavy (non-hydrogen) atoms. The minimum Gasteiger partial charge on any atom is -0.339 e. The van der Waals surface area contributed by atoms with Crippen molar-refractivity contribution in [3.63, 3.8) is 0 Å². The molecule has 1 aliphatic rings. The third kappa shape index (κ3) is 2.12. The van der Waals surface area contributed by atoms with Gasteiger partial charge in [0.15, 0.2) is 0 Å². The fourth-order valence-electron chi connectivity index (χ4n) is 1.50. The largest absolute Gasteiger partial charge is 0.339 e. The third-order valence-electron chi connectivity index (χ3n) is 2.64. The SMILES string of the molecule is Cc1cc(Cl)c(C(=O)N(C)C2CC2)cn1. The summed E-state index contributed by atoms with van der Waals surface area (Å²) in [4.78, 5) is 17.8. The number of hydrogen-bond acceptors (Lipinski definition) is 2. The Morgan fingerprint density at radius 1 is 1.60 bits per heavy atom. The van der Waals surface area contributed by atoms with E-state index >= 15 is 0 Å². The van der Waals surface area contributed by atoms with Gasteiger partial charge in [0.2, 0.25) is 0 Å². The number of aromatic nitrogens is 1. The molecule has 0 aromatic carbocycles. The van der Waals surface area contributed by atoms with Crippen molar-refractivity contribution in [2.45, 2.75) is 25.8 Å². The Hall–Kier alpha value is -1.09. The monoisotopic (exact) mass is 224 g/mol. The molecule has 0 saturated heterocycles. The minimum atomic E-state index is -0.0324. The summed E-state index contributed by atoms with van der Waals surface area (Å²) in [6.45, 7) is 1.85. The molecule has 1 aromatic heterocycles. The van der Waals surface area contributed by atoms with E-state index in [1.807, 2.05) is 14.0 Å². The first-order valence-electron chi connectivity index (χ1n) is 4.99. The lowest BCUT2D eigenvalue weighted by molar-refractivity contribution is 0.0785. The molecule has 2 rings (SSSR count). The van der Waals surface area contributed by atoms with E-state index < -0.39 is 0 Å². The van der Waals surface area contributed by atoms with Crippen LogP contribution in [0.1, 0.15) is 28.9 Å². The number of aryl methyl sites for hydroxylation is 1. The summed E-state index contributed by atoms with van der Waals surface area (Å²) in [6.07, 6.45) is 3.75. The molecule has 1 aliphatic carbocycles. The van der Waals surface area contributed by atoms with Gasteiger partial charge >= 0.3 is 0 Å². The summed E-state index contributed by atoms with van der Waals surface area (Å²) in [7, 11) is 1.82. The van der Waals surface area contributed by atoms with E-state index in [2.05, 4.69) is 4.98 Å². The number of rotatable bonds is 2. The first kappa shape index (κ1) is 10.4. The van der Waals surface area contributed by atoms with E-state index in [4.69, 9.17) is 11.6 Å². The van der Waals surface area contributed by atoms with Crippen molar-refractivity contribution in [3.8, 4) is 0 Å². The van der Waals surface area contributed by atoms with Crippen molar-refractivity contribution in [2.24, 2.45) is 0 Å². The Morgan fingerprint density at radius 2 is 2.27 bits per heavy atom. The van der Waals surface area contributed by atoms with Crippen molar-refractivity contribution >= 4 is 17.5 Å². The molecule has 1 saturated carbocycles. The average Bonchev–Trinajstić information content (AvgIpc) is 2.99. The predicted molar refractivity (Wildman–Crippen MR) is 59.1 cm³/mol. The van der Waals surface area contributed by atoms with Gasteiger partial charge in [0.1, 0.15) is 0 Å². The molecule has 3 nitrogen and oxygen atoms in total. The third-order valence-corrected chi connectivity index (χ3v) is 2.95. The van der Waals surface area contributed by atoms with Gasteiger partial charge in [-0.25, -0.2) is 0 Å². The molecule has 0 atom stereocenters. The van der Waals surface area contributed by atoms with E-state index in [9.17, 15) is 4.79 Å². The molecule has 80 valence electrons. The summed E-state index contributed by atoms with van der Waals surface area (Å²) < 4.78 is 0. The van der Waals surface area contributed by atoms with Crippen molar-refractivity contribution in [2.75, 3.05) is 7.05 Å². The molecule has 1 amide bonds. The standard InChI is InChI=1S/C11H13ClN2O/c1-7-5-10(12)9(6-13-7)11(15)14(2)8-3-4-8/h5-6,8H,3-4H2,1-2H3. The Kier molecular flexibility index (Phi) is 2.65. The summed E-state index contributed by atoms with van der Waals surface area (Å²) in [5, 5.41) is 0.486. The average molecular weight is 225 g/mol. The Bertz CT molecular complexity index is 402. The van der Waals surface area contributed by atoms with Gasteiger partial charge in [-0.1, -0.05) is 11.6 Å². The maximum Gasteiger partial charge on any atom is 0.256 e. The van der Waals surface area contributed by atoms with Crippen LogP contribution in [-0.4, -0.2) is 28.9 Å². The Morgan fingerprint density at radius 3 is 2.80 bits per heavy atom. The molecule has 0 radical (unpaired) electrons. The van der Waals surface area contributed by atoms with Crippen molar-refractivity contribution < 1.29 is 4.79 Å². The van der Waals surface area contributed by atoms with E-state index in [0.717, 1.165) is 18.5 Å². The number of amides is 1. The van der Waals surface area contributed by atoms with Crippen LogP contribution in [0.2, 0.25) is 5.02 Å². The van der Waals surface area contributed by atoms with Crippen molar-refractivity contribution in [1.82, 2.24) is 9.88 Å². The van der Waals surface area contributed by atoms with Crippen LogP contribution in [0.15, 0.2) is 12.3 Å². The van der Waals surface area contributed by atoms with Crippen LogP contribution in [0.4, 0.5) is 0 Å². The summed E-state index contributed by atoms with van der Waals surface area (Å²) >= 11 is 6.01. The van der Waals surface area contributed by atoms with E-state index in [0.29, 0.717) is 16.6 Å². The predicted octanol–water partition coefficient (Wildman–Crippen LogP) is 2.28. The zero-order valence-electron chi connectivity index (χ0n) is 8.83. The van der Waals surface area contributed by atoms with Gasteiger partial charge in [-0.05, 0) is 25.8 Å². The zero-order valence-corrected chi connectivity index (χ0v) is 9.58. The van der Waals surface area contributed by atoms with Crippen LogP contribution in [0, 0.1) is 6.92 Å². The van der Waals surface area contributed by atoms with Crippen LogP contribution < -0.4 is 0 Å². The normalized spacial score (nSPS) is 15.1. The molecule has 1 aromatic rings. The second-order valence-corrected chi connectivity index (χ2v) is 4.36. The highest BCUT2D eigenvalue weighted by Crippen LogP contribution is 2.28. The number of pyridine rings is 1. The topological polar surface area (TPSA) is 33.2 Å². The second-order valence-electron chi connectivity index (χ2n) is 3.95. The molecule has 4 heteroatoms. The molecule has 1 heterocycles. The van der Waals surface area contributed by atoms with Crippen LogP contribution in [0.3, 0.4) is 0 Å². The fourth-order valence-corrected chi connectivity index (χ4v) is 1.79. The number of nitrogens with zero attached hydrogens (tertiary/aromatic N) is 2. The lowest BCUT2D eigenvalue weighted by Gasteiger charge is -2.16. The molecule has 0 N–H and O–H groups in total. The molecular formula is C11H13ClN2O. The van der Waals surface area contributed by atoms with E-state index in [-0.39, 0.29) is 5.91 Å². The van der Waals surface area contributed by atoms with Gasteiger partial charge in [0.05, 0.1) is 10.6 Å². The van der Waals surface area contributed by atoms with Crippen LogP contribution in [-0.2, 0) is 0 Å². The molecule has 1 fully saturated rings. The van der Waals surface area contributed by atoms with Crippen molar-refractivity contribution in [1.29, 1.82) is 0 Å². The van der Waals surface area contributed by atoms with Crippen molar-refractivity contribution in [3.05, 3.63) is 28.5 Å². The summed E-state index contributed by atoms with van der Waals surface area (Å²) in [6, 6.07) is 2.12. The van der Waals surface area contributed by atoms with Crippen LogP contribution in [0.5, 0.6) is 0 Å². The summed E-state index contributed by atoms with van der Waals surface area (Å²) in [5.74, 6) is -0.0324. The highest BCUT2D eigenvalue weighted by molar-refractivity contribution is 6.33. The molecule has 0 unspecified atom stereocenters. The van der Waals surface area contributed by atoms with E-state index in [1.165, 1.54) is 0 Å². The minimum absolute atomic E-state index is 0.0324. The van der Waals surface area contributed by atoms with E-state index in [1.54, 1.807) is 17.2 Å². The lowest BCUT2D eigenvalue weighted by Crippen LogP contribution is -2.29. The Labute approximate surface area is 94.1 Å². The highest BCUT2D eigenvalue weighted by Gasteiger charge is 2.30. The molecular weight excluding hydrogens is 212 g/mol. The Balaban J connectivity index is 2.24. The first-order valence-corrected chi connectivity index (χ1v) is 5.36. The maximum atomic E-state index is 12.0. The van der Waals surface area contributed by atoms with Gasteiger partial charge < -0.3 is 4.90 Å². The summed E-state index contributed by atoms with van der Waals surface area (Å²) in [5.41, 5.74) is 1.32.